The number of carbonyl (C=O) groups excluding carboxylic acids is 1. The standard InChI is InChI=1S/C19H16ClN3O2/c20-15-5-3-6-16(11-15)25-19-17(7-4-8-22-19)18(24)14(12-21)13-23-9-1-2-10-23/h3-8,11,13H,1-2,9-10H2. The summed E-state index contributed by atoms with van der Waals surface area (Å²) in [5.74, 6) is 0.221. The average molecular weight is 354 g/mol. The molecule has 0 atom stereocenters. The molecular weight excluding hydrogens is 338 g/mol. The van der Waals surface area contributed by atoms with Crippen molar-refractivity contribution < 1.29 is 9.53 Å². The van der Waals surface area contributed by atoms with E-state index in [-0.39, 0.29) is 17.0 Å². The molecule has 2 aromatic rings. The van der Waals surface area contributed by atoms with Gasteiger partial charge in [0, 0.05) is 30.5 Å². The molecule has 0 spiro atoms. The van der Waals surface area contributed by atoms with E-state index < -0.39 is 5.78 Å². The highest BCUT2D eigenvalue weighted by Crippen LogP contribution is 2.27. The first-order chi connectivity index (χ1) is 12.2. The van der Waals surface area contributed by atoms with Gasteiger partial charge in [0.25, 0.3) is 0 Å². The Balaban J connectivity index is 1.89. The van der Waals surface area contributed by atoms with E-state index in [0.29, 0.717) is 10.8 Å². The normalized spacial score (nSPS) is 14.2. The molecule has 1 fully saturated rings. The predicted octanol–water partition coefficient (Wildman–Crippen LogP) is 4.21. The van der Waals surface area contributed by atoms with Crippen LogP contribution in [0.25, 0.3) is 0 Å². The molecule has 1 aliphatic rings. The maximum Gasteiger partial charge on any atom is 0.230 e. The number of allylic oxidation sites excluding steroid dienone is 1. The molecule has 1 aromatic carbocycles. The van der Waals surface area contributed by atoms with Crippen LogP contribution in [0, 0.1) is 11.3 Å². The highest BCUT2D eigenvalue weighted by molar-refractivity contribution is 6.30. The van der Waals surface area contributed by atoms with Crippen molar-refractivity contribution in [2.75, 3.05) is 13.1 Å². The number of pyridine rings is 1. The molecule has 0 amide bonds. The van der Waals surface area contributed by atoms with Crippen molar-refractivity contribution in [3.8, 4) is 17.7 Å². The summed E-state index contributed by atoms with van der Waals surface area (Å²) in [5, 5.41) is 9.91. The lowest BCUT2D eigenvalue weighted by atomic mass is 10.1. The Labute approximate surface area is 151 Å². The molecule has 25 heavy (non-hydrogen) atoms. The molecule has 2 heterocycles. The van der Waals surface area contributed by atoms with Gasteiger partial charge in [-0.3, -0.25) is 4.79 Å². The van der Waals surface area contributed by atoms with Crippen LogP contribution >= 0.6 is 11.6 Å². The van der Waals surface area contributed by atoms with E-state index in [0.717, 1.165) is 25.9 Å². The van der Waals surface area contributed by atoms with Crippen LogP contribution in [0.15, 0.2) is 54.4 Å². The highest BCUT2D eigenvalue weighted by Gasteiger charge is 2.20. The summed E-state index contributed by atoms with van der Waals surface area (Å²) in [6, 6.07) is 12.1. The third-order valence-corrected chi connectivity index (χ3v) is 4.08. The van der Waals surface area contributed by atoms with E-state index >= 15 is 0 Å². The summed E-state index contributed by atoms with van der Waals surface area (Å²) in [6.45, 7) is 1.72. The fourth-order valence-electron chi connectivity index (χ4n) is 2.62. The van der Waals surface area contributed by atoms with Crippen LogP contribution in [0.1, 0.15) is 23.2 Å². The van der Waals surface area contributed by atoms with Crippen LogP contribution in [0.3, 0.4) is 0 Å². The van der Waals surface area contributed by atoms with Crippen molar-refractivity contribution in [1.82, 2.24) is 9.88 Å². The second-order valence-corrected chi connectivity index (χ2v) is 6.08. The van der Waals surface area contributed by atoms with Crippen molar-refractivity contribution in [3.63, 3.8) is 0 Å². The van der Waals surface area contributed by atoms with Gasteiger partial charge in [-0.05, 0) is 43.2 Å². The van der Waals surface area contributed by atoms with Gasteiger partial charge >= 0.3 is 0 Å². The summed E-state index contributed by atoms with van der Waals surface area (Å²) in [5.41, 5.74) is 0.320. The Morgan fingerprint density at radius 2 is 2.08 bits per heavy atom. The maximum atomic E-state index is 12.8. The maximum absolute atomic E-state index is 12.8. The number of nitrogens with zero attached hydrogens (tertiary/aromatic N) is 3. The molecule has 0 saturated carbocycles. The summed E-state index contributed by atoms with van der Waals surface area (Å²) in [6.07, 6.45) is 5.30. The topological polar surface area (TPSA) is 66.2 Å². The molecule has 0 N–H and O–H groups in total. The second kappa shape index (κ2) is 7.82. The van der Waals surface area contributed by atoms with Crippen LogP contribution in [-0.2, 0) is 0 Å². The van der Waals surface area contributed by atoms with Crippen molar-refractivity contribution in [2.24, 2.45) is 0 Å². The second-order valence-electron chi connectivity index (χ2n) is 5.64. The monoisotopic (exact) mass is 353 g/mol. The van der Waals surface area contributed by atoms with E-state index in [1.165, 1.54) is 6.20 Å². The Kier molecular flexibility index (Phi) is 5.32. The van der Waals surface area contributed by atoms with Gasteiger partial charge in [-0.15, -0.1) is 0 Å². The lowest BCUT2D eigenvalue weighted by molar-refractivity contribution is 0.103. The highest BCUT2D eigenvalue weighted by atomic mass is 35.5. The molecule has 1 aromatic heterocycles. The molecule has 126 valence electrons. The number of Topliss-reactive ketones (excluding diaryl/α,β-unsaturated/α-hetero) is 1. The number of hydrogen-bond acceptors (Lipinski definition) is 5. The predicted molar refractivity (Wildman–Crippen MR) is 94.6 cm³/mol. The number of benzene rings is 1. The van der Waals surface area contributed by atoms with Crippen LogP contribution in [0.4, 0.5) is 0 Å². The number of ether oxygens (including phenoxy) is 1. The van der Waals surface area contributed by atoms with E-state index in [2.05, 4.69) is 4.98 Å². The zero-order chi connectivity index (χ0) is 17.6. The molecule has 5 nitrogen and oxygen atoms in total. The number of halogens is 1. The molecule has 0 aliphatic carbocycles. The Morgan fingerprint density at radius 3 is 2.80 bits per heavy atom. The molecule has 6 heteroatoms. The number of aromatic nitrogens is 1. The lowest BCUT2D eigenvalue weighted by Crippen LogP contribution is -2.15. The minimum atomic E-state index is -0.403. The van der Waals surface area contributed by atoms with Crippen molar-refractivity contribution in [2.45, 2.75) is 12.8 Å². The molecule has 1 aliphatic heterocycles. The van der Waals surface area contributed by atoms with Crippen LogP contribution < -0.4 is 4.74 Å². The number of rotatable bonds is 5. The molecule has 1 saturated heterocycles. The number of likely N-dealkylation sites (tertiary alicyclic amines) is 1. The Bertz CT molecular complexity index is 852. The number of ketones is 1. The number of carbonyl (C=O) groups is 1. The van der Waals surface area contributed by atoms with Gasteiger partial charge < -0.3 is 9.64 Å². The van der Waals surface area contributed by atoms with Crippen LogP contribution in [0.5, 0.6) is 11.6 Å². The minimum Gasteiger partial charge on any atom is -0.438 e. The van der Waals surface area contributed by atoms with Gasteiger partial charge in [-0.2, -0.15) is 5.26 Å². The molecule has 0 unspecified atom stereocenters. The van der Waals surface area contributed by atoms with Crippen molar-refractivity contribution in [3.05, 3.63) is 65.0 Å². The van der Waals surface area contributed by atoms with Gasteiger partial charge in [-0.1, -0.05) is 17.7 Å². The van der Waals surface area contributed by atoms with Crippen LogP contribution in [0.2, 0.25) is 5.02 Å². The van der Waals surface area contributed by atoms with E-state index in [4.69, 9.17) is 16.3 Å². The van der Waals surface area contributed by atoms with Gasteiger partial charge in [0.05, 0.1) is 5.56 Å². The number of nitriles is 1. The van der Waals surface area contributed by atoms with Gasteiger partial charge in [0.15, 0.2) is 0 Å². The van der Waals surface area contributed by atoms with Crippen LogP contribution in [-0.4, -0.2) is 28.8 Å². The summed E-state index contributed by atoms with van der Waals surface area (Å²) >= 11 is 5.96. The third kappa shape index (κ3) is 4.17. The molecule has 3 rings (SSSR count). The van der Waals surface area contributed by atoms with E-state index in [1.807, 2.05) is 11.0 Å². The first-order valence-corrected chi connectivity index (χ1v) is 8.34. The minimum absolute atomic E-state index is 0.0749. The third-order valence-electron chi connectivity index (χ3n) is 3.84. The molecule has 0 bridgehead atoms. The number of hydrogen-bond donors (Lipinski definition) is 0. The van der Waals surface area contributed by atoms with Crippen molar-refractivity contribution >= 4 is 17.4 Å². The Hall–Kier alpha value is -2.84. The fourth-order valence-corrected chi connectivity index (χ4v) is 2.80. The lowest BCUT2D eigenvalue weighted by Gasteiger charge is -2.12. The molecular formula is C19H16ClN3O2. The molecule has 0 radical (unpaired) electrons. The smallest absolute Gasteiger partial charge is 0.230 e. The zero-order valence-electron chi connectivity index (χ0n) is 13.5. The summed E-state index contributed by atoms with van der Waals surface area (Å²) in [7, 11) is 0. The summed E-state index contributed by atoms with van der Waals surface area (Å²) in [4.78, 5) is 18.9. The largest absolute Gasteiger partial charge is 0.438 e. The SMILES string of the molecule is N#CC(=CN1CCCC1)C(=O)c1cccnc1Oc1cccc(Cl)c1. The van der Waals surface area contributed by atoms with E-state index in [9.17, 15) is 10.1 Å². The van der Waals surface area contributed by atoms with Crippen molar-refractivity contribution in [1.29, 1.82) is 5.26 Å². The Morgan fingerprint density at radius 1 is 1.28 bits per heavy atom. The fraction of sp³-hybridized carbons (Fsp3) is 0.211. The zero-order valence-corrected chi connectivity index (χ0v) is 14.2. The first-order valence-electron chi connectivity index (χ1n) is 7.96. The van der Waals surface area contributed by atoms with Gasteiger partial charge in [-0.25, -0.2) is 4.98 Å². The van der Waals surface area contributed by atoms with Gasteiger partial charge in [0.2, 0.25) is 11.7 Å². The first kappa shape index (κ1) is 17.0. The van der Waals surface area contributed by atoms with E-state index in [1.54, 1.807) is 42.6 Å². The summed E-state index contributed by atoms with van der Waals surface area (Å²) < 4.78 is 5.71. The van der Waals surface area contributed by atoms with Gasteiger partial charge in [0.1, 0.15) is 17.4 Å². The quantitative estimate of drug-likeness (QED) is 0.457. The average Bonchev–Trinajstić information content (AvgIpc) is 3.13.